The van der Waals surface area contributed by atoms with Gasteiger partial charge in [-0.05, 0) is 24.3 Å². The highest BCUT2D eigenvalue weighted by molar-refractivity contribution is 6.34. The van der Waals surface area contributed by atoms with Gasteiger partial charge < -0.3 is 10.1 Å². The predicted molar refractivity (Wildman–Crippen MR) is 137 cm³/mol. The summed E-state index contributed by atoms with van der Waals surface area (Å²) in [6, 6.07) is 7.33. The van der Waals surface area contributed by atoms with Crippen molar-refractivity contribution < 1.29 is 17.9 Å². The van der Waals surface area contributed by atoms with Crippen LogP contribution in [0.4, 0.5) is 24.8 Å². The molecule has 0 saturated heterocycles. The van der Waals surface area contributed by atoms with Crippen molar-refractivity contribution in [3.63, 3.8) is 0 Å². The molecule has 0 bridgehead atoms. The zero-order chi connectivity index (χ0) is 27.8. The molecular formula is C25H19ClF3N7O3. The average molecular weight is 558 g/mol. The quantitative estimate of drug-likeness (QED) is 0.305. The molecule has 0 saturated carbocycles. The molecule has 0 aliphatic rings. The summed E-state index contributed by atoms with van der Waals surface area (Å²) < 4.78 is 50.5. The summed E-state index contributed by atoms with van der Waals surface area (Å²) >= 11 is 6.40. The first-order chi connectivity index (χ1) is 18.6. The van der Waals surface area contributed by atoms with Crippen molar-refractivity contribution >= 4 is 34.1 Å². The number of nitrogens with zero attached hydrogens (tertiary/aromatic N) is 6. The second-order valence-electron chi connectivity index (χ2n) is 8.54. The molecule has 0 amide bonds. The van der Waals surface area contributed by atoms with Gasteiger partial charge in [0.05, 0.1) is 42.1 Å². The molecule has 3 heterocycles. The first-order valence-corrected chi connectivity index (χ1v) is 11.7. The van der Waals surface area contributed by atoms with Crippen LogP contribution >= 0.6 is 11.6 Å². The first kappa shape index (κ1) is 26.0. The minimum atomic E-state index is -1.38. The van der Waals surface area contributed by atoms with Gasteiger partial charge in [0, 0.05) is 42.5 Å². The van der Waals surface area contributed by atoms with Crippen molar-refractivity contribution in [1.82, 2.24) is 28.9 Å². The van der Waals surface area contributed by atoms with Gasteiger partial charge in [0.15, 0.2) is 11.6 Å². The molecule has 200 valence electrons. The lowest BCUT2D eigenvalue weighted by molar-refractivity contribution is 0.413. The molecule has 3 aromatic heterocycles. The van der Waals surface area contributed by atoms with Gasteiger partial charge in [0.25, 0.3) is 0 Å². The fourth-order valence-corrected chi connectivity index (χ4v) is 4.18. The van der Waals surface area contributed by atoms with E-state index in [2.05, 4.69) is 20.4 Å². The number of aryl methyl sites for hydroxylation is 1. The summed E-state index contributed by atoms with van der Waals surface area (Å²) in [6.07, 6.45) is 3.17. The van der Waals surface area contributed by atoms with Gasteiger partial charge in [0.1, 0.15) is 11.6 Å². The van der Waals surface area contributed by atoms with Gasteiger partial charge in [0.2, 0.25) is 5.95 Å². The standard InChI is InChI=1S/C25H19ClF3N7O3/c1-34-10-14-6-22(17(26)8-21(14)33-34)31-23-32-24(37)36(12-15-7-16(39-2)3-4-30-15)25(38)35(23)11-13-5-19(28)20(29)9-18(13)27/h3-10H,11-12H2,1-2H3,(H,31,32,37). The maximum atomic E-state index is 14.6. The number of halogens is 4. The van der Waals surface area contributed by atoms with Gasteiger partial charge in [-0.3, -0.25) is 14.2 Å². The van der Waals surface area contributed by atoms with E-state index < -0.39 is 35.4 Å². The van der Waals surface area contributed by atoms with Gasteiger partial charge >= 0.3 is 11.4 Å². The minimum absolute atomic E-state index is 0.200. The molecule has 0 aliphatic heterocycles. The average Bonchev–Trinajstić information content (AvgIpc) is 3.25. The van der Waals surface area contributed by atoms with Crippen LogP contribution in [0, 0.1) is 17.5 Å². The summed E-state index contributed by atoms with van der Waals surface area (Å²) in [6.45, 7) is -0.874. The van der Waals surface area contributed by atoms with Crippen molar-refractivity contribution in [2.24, 2.45) is 7.05 Å². The number of methoxy groups -OCH3 is 1. The van der Waals surface area contributed by atoms with E-state index in [-0.39, 0.29) is 28.8 Å². The molecule has 0 fully saturated rings. The Morgan fingerprint density at radius 1 is 1.00 bits per heavy atom. The maximum absolute atomic E-state index is 14.6. The number of aromatic nitrogens is 6. The molecule has 0 radical (unpaired) electrons. The van der Waals surface area contributed by atoms with E-state index in [0.29, 0.717) is 34.5 Å². The number of ether oxygens (including phenoxy) is 1. The Morgan fingerprint density at radius 2 is 1.77 bits per heavy atom. The SMILES string of the molecule is COc1ccnc(Cn2c(=O)nc(Nc3cc4cn(C)nc4cc3Cl)n(Cc3cc(F)c(F)cc3F)c2=O)c1. The maximum Gasteiger partial charge on any atom is 0.355 e. The van der Waals surface area contributed by atoms with Crippen LogP contribution in [0.1, 0.15) is 11.3 Å². The molecule has 1 N–H and O–H groups in total. The molecular weight excluding hydrogens is 539 g/mol. The van der Waals surface area contributed by atoms with Crippen LogP contribution in [-0.4, -0.2) is 36.0 Å². The summed E-state index contributed by atoms with van der Waals surface area (Å²) in [5, 5.41) is 8.01. The van der Waals surface area contributed by atoms with Crippen LogP contribution in [0.3, 0.4) is 0 Å². The summed E-state index contributed by atoms with van der Waals surface area (Å²) in [7, 11) is 3.18. The lowest BCUT2D eigenvalue weighted by atomic mass is 10.2. The number of hydrogen-bond acceptors (Lipinski definition) is 7. The van der Waals surface area contributed by atoms with E-state index in [1.54, 1.807) is 36.1 Å². The van der Waals surface area contributed by atoms with Gasteiger partial charge in [-0.15, -0.1) is 0 Å². The largest absolute Gasteiger partial charge is 0.497 e. The fourth-order valence-electron chi connectivity index (χ4n) is 3.98. The van der Waals surface area contributed by atoms with Crippen molar-refractivity contribution in [2.45, 2.75) is 13.1 Å². The molecule has 14 heteroatoms. The van der Waals surface area contributed by atoms with Crippen molar-refractivity contribution in [3.8, 4) is 5.75 Å². The number of anilines is 2. The third-order valence-corrected chi connectivity index (χ3v) is 6.18. The minimum Gasteiger partial charge on any atom is -0.497 e. The van der Waals surface area contributed by atoms with Crippen LogP contribution in [0.25, 0.3) is 10.9 Å². The van der Waals surface area contributed by atoms with Gasteiger partial charge in [-0.2, -0.15) is 10.1 Å². The van der Waals surface area contributed by atoms with E-state index in [1.807, 2.05) is 0 Å². The Balaban J connectivity index is 1.64. The van der Waals surface area contributed by atoms with E-state index in [9.17, 15) is 22.8 Å². The van der Waals surface area contributed by atoms with E-state index in [4.69, 9.17) is 16.3 Å². The number of nitrogens with one attached hydrogen (secondary N) is 1. The topological polar surface area (TPSA) is 109 Å². The van der Waals surface area contributed by atoms with Crippen LogP contribution in [-0.2, 0) is 20.1 Å². The second kappa shape index (κ2) is 10.3. The van der Waals surface area contributed by atoms with Crippen LogP contribution < -0.4 is 21.4 Å². The van der Waals surface area contributed by atoms with E-state index in [1.165, 1.54) is 19.4 Å². The molecule has 2 aromatic carbocycles. The lowest BCUT2D eigenvalue weighted by Gasteiger charge is -2.17. The Hall–Kier alpha value is -4.65. The highest BCUT2D eigenvalue weighted by Gasteiger charge is 2.19. The van der Waals surface area contributed by atoms with Crippen LogP contribution in [0.5, 0.6) is 5.75 Å². The third kappa shape index (κ3) is 5.21. The molecule has 5 rings (SSSR count). The second-order valence-corrected chi connectivity index (χ2v) is 8.94. The van der Waals surface area contributed by atoms with Crippen LogP contribution in [0.2, 0.25) is 5.02 Å². The first-order valence-electron chi connectivity index (χ1n) is 11.4. The smallest absolute Gasteiger partial charge is 0.355 e. The highest BCUT2D eigenvalue weighted by Crippen LogP contribution is 2.29. The van der Waals surface area contributed by atoms with Crippen molar-refractivity contribution in [3.05, 3.63) is 103 Å². The number of hydrogen-bond donors (Lipinski definition) is 1. The zero-order valence-corrected chi connectivity index (χ0v) is 21.2. The van der Waals surface area contributed by atoms with Gasteiger partial charge in [-0.1, -0.05) is 11.6 Å². The molecule has 0 aliphatic carbocycles. The van der Waals surface area contributed by atoms with Crippen molar-refractivity contribution in [2.75, 3.05) is 12.4 Å². The number of rotatable bonds is 7. The summed E-state index contributed by atoms with van der Waals surface area (Å²) in [5.74, 6) is -3.63. The number of fused-ring (bicyclic) bond motifs is 1. The molecule has 10 nitrogen and oxygen atoms in total. The fraction of sp³-hybridized carbons (Fsp3) is 0.160. The predicted octanol–water partition coefficient (Wildman–Crippen LogP) is 3.61. The normalized spacial score (nSPS) is 11.2. The summed E-state index contributed by atoms with van der Waals surface area (Å²) in [4.78, 5) is 34.7. The molecule has 0 unspecified atom stereocenters. The Bertz CT molecular complexity index is 1850. The van der Waals surface area contributed by atoms with E-state index >= 15 is 0 Å². The zero-order valence-electron chi connectivity index (χ0n) is 20.5. The Labute approximate surface area is 222 Å². The third-order valence-electron chi connectivity index (χ3n) is 5.87. The van der Waals surface area contributed by atoms with Crippen molar-refractivity contribution in [1.29, 1.82) is 0 Å². The molecule has 0 spiro atoms. The highest BCUT2D eigenvalue weighted by atomic mass is 35.5. The Morgan fingerprint density at radius 3 is 2.54 bits per heavy atom. The number of pyridine rings is 1. The molecule has 5 aromatic rings. The monoisotopic (exact) mass is 557 g/mol. The number of benzene rings is 2. The van der Waals surface area contributed by atoms with Crippen LogP contribution in [0.15, 0.2) is 58.4 Å². The van der Waals surface area contributed by atoms with Gasteiger partial charge in [-0.25, -0.2) is 27.3 Å². The molecule has 0 atom stereocenters. The molecule has 39 heavy (non-hydrogen) atoms. The van der Waals surface area contributed by atoms with E-state index in [0.717, 1.165) is 9.13 Å². The Kier molecular flexibility index (Phi) is 6.83. The summed E-state index contributed by atoms with van der Waals surface area (Å²) in [5.41, 5.74) is -1.01. The lowest BCUT2D eigenvalue weighted by Crippen LogP contribution is -2.43.